The third-order valence-corrected chi connectivity index (χ3v) is 5.91. The zero-order valence-corrected chi connectivity index (χ0v) is 17.8. The molecule has 0 spiro atoms. The molecule has 0 radical (unpaired) electrons. The van der Waals surface area contributed by atoms with Gasteiger partial charge in [0.1, 0.15) is 6.17 Å². The van der Waals surface area contributed by atoms with E-state index >= 15 is 0 Å². The highest BCUT2D eigenvalue weighted by molar-refractivity contribution is 6.01. The number of hydrogen-bond donors (Lipinski definition) is 2. The number of nitrogens with one attached hydrogen (secondary N) is 2. The number of hydrogen-bond acceptors (Lipinski definition) is 3. The number of para-hydroxylation sites is 2. The molecule has 0 aliphatic carbocycles. The summed E-state index contributed by atoms with van der Waals surface area (Å²) >= 11 is 0. The first-order chi connectivity index (χ1) is 15.6. The molecule has 6 heteroatoms. The zero-order valence-electron chi connectivity index (χ0n) is 17.8. The minimum atomic E-state index is -0.560. The predicted molar refractivity (Wildman–Crippen MR) is 125 cm³/mol. The fraction of sp³-hybridized carbons (Fsp3) is 0.154. The molecule has 1 amide bonds. The van der Waals surface area contributed by atoms with Crippen LogP contribution in [0.2, 0.25) is 0 Å². The van der Waals surface area contributed by atoms with E-state index in [0.29, 0.717) is 24.1 Å². The van der Waals surface area contributed by atoms with Gasteiger partial charge in [0.05, 0.1) is 16.8 Å². The number of aromatic amines is 1. The van der Waals surface area contributed by atoms with Gasteiger partial charge >= 0.3 is 0 Å². The Hall–Kier alpha value is -4.06. The van der Waals surface area contributed by atoms with Crippen molar-refractivity contribution in [2.24, 2.45) is 0 Å². The Morgan fingerprint density at radius 3 is 2.25 bits per heavy atom. The molecule has 6 nitrogen and oxygen atoms in total. The Bertz CT molecular complexity index is 1310. The van der Waals surface area contributed by atoms with Crippen molar-refractivity contribution >= 4 is 11.6 Å². The zero-order chi connectivity index (χ0) is 22.1. The van der Waals surface area contributed by atoms with Gasteiger partial charge in [-0.2, -0.15) is 0 Å². The van der Waals surface area contributed by atoms with Gasteiger partial charge in [0.15, 0.2) is 0 Å². The maximum absolute atomic E-state index is 13.5. The van der Waals surface area contributed by atoms with Gasteiger partial charge in [0.25, 0.3) is 11.5 Å². The molecule has 5 rings (SSSR count). The maximum atomic E-state index is 13.5. The summed E-state index contributed by atoms with van der Waals surface area (Å²) in [4.78, 5) is 28.7. The highest BCUT2D eigenvalue weighted by Gasteiger charge is 2.36. The molecule has 2 N–H and O–H groups in total. The fourth-order valence-electron chi connectivity index (χ4n) is 4.29. The Morgan fingerprint density at radius 1 is 0.844 bits per heavy atom. The number of nitrogens with zero attached hydrogens (tertiary/aromatic N) is 2. The number of aryl methyl sites for hydroxylation is 1. The topological polar surface area (TPSA) is 70.1 Å². The van der Waals surface area contributed by atoms with Gasteiger partial charge in [0, 0.05) is 17.9 Å². The number of anilines is 1. The third kappa shape index (κ3) is 3.50. The SMILES string of the molecule is Cc1[nH]n(-c2ccccc2)c(=O)c1[C@H]1Nc2ccccc2C(=O)N1CCc1ccccc1. The summed E-state index contributed by atoms with van der Waals surface area (Å²) in [6.07, 6.45) is 0.137. The molecule has 0 fully saturated rings. The second kappa shape index (κ2) is 8.23. The van der Waals surface area contributed by atoms with Crippen LogP contribution in [0, 0.1) is 6.92 Å². The molecular weight excluding hydrogens is 400 g/mol. The first kappa shape index (κ1) is 19.9. The summed E-state index contributed by atoms with van der Waals surface area (Å²) in [5.74, 6) is -0.0773. The molecule has 3 aromatic carbocycles. The average molecular weight is 425 g/mol. The van der Waals surface area contributed by atoms with E-state index < -0.39 is 6.17 Å². The lowest BCUT2D eigenvalue weighted by molar-refractivity contribution is 0.0684. The van der Waals surface area contributed by atoms with Crippen LogP contribution in [0.5, 0.6) is 0 Å². The van der Waals surface area contributed by atoms with E-state index in [9.17, 15) is 9.59 Å². The molecule has 1 atom stereocenters. The van der Waals surface area contributed by atoms with Crippen molar-refractivity contribution in [1.82, 2.24) is 14.7 Å². The van der Waals surface area contributed by atoms with Gasteiger partial charge in [0.2, 0.25) is 0 Å². The van der Waals surface area contributed by atoms with Gasteiger partial charge in [-0.15, -0.1) is 0 Å². The van der Waals surface area contributed by atoms with Crippen LogP contribution in [0.25, 0.3) is 5.69 Å². The molecule has 1 aliphatic heterocycles. The normalized spacial score (nSPS) is 15.3. The van der Waals surface area contributed by atoms with Crippen LogP contribution in [0.15, 0.2) is 89.7 Å². The van der Waals surface area contributed by atoms with Gasteiger partial charge in [-0.1, -0.05) is 60.7 Å². The monoisotopic (exact) mass is 424 g/mol. The Labute approximate surface area is 186 Å². The van der Waals surface area contributed by atoms with Crippen molar-refractivity contribution in [2.75, 3.05) is 11.9 Å². The summed E-state index contributed by atoms with van der Waals surface area (Å²) in [6.45, 7) is 2.36. The van der Waals surface area contributed by atoms with E-state index in [2.05, 4.69) is 22.5 Å². The number of carbonyl (C=O) groups is 1. The van der Waals surface area contributed by atoms with Gasteiger partial charge in [-0.3, -0.25) is 14.7 Å². The first-order valence-electron chi connectivity index (χ1n) is 10.7. The van der Waals surface area contributed by atoms with Crippen LogP contribution >= 0.6 is 0 Å². The Kier molecular flexibility index (Phi) is 5.11. The number of amides is 1. The molecule has 4 aromatic rings. The van der Waals surface area contributed by atoms with E-state index in [1.807, 2.05) is 79.7 Å². The summed E-state index contributed by atoms with van der Waals surface area (Å²) < 4.78 is 1.53. The number of benzene rings is 3. The molecule has 0 bridgehead atoms. The maximum Gasteiger partial charge on any atom is 0.278 e. The Balaban J connectivity index is 1.57. The summed E-state index contributed by atoms with van der Waals surface area (Å²) in [7, 11) is 0. The summed E-state index contributed by atoms with van der Waals surface area (Å²) in [6, 6.07) is 27.0. The van der Waals surface area contributed by atoms with Crippen molar-refractivity contribution < 1.29 is 4.79 Å². The van der Waals surface area contributed by atoms with E-state index in [1.165, 1.54) is 4.68 Å². The number of rotatable bonds is 5. The number of fused-ring (bicyclic) bond motifs is 1. The molecule has 1 aromatic heterocycles. The van der Waals surface area contributed by atoms with E-state index in [0.717, 1.165) is 22.6 Å². The van der Waals surface area contributed by atoms with Crippen LogP contribution in [0.4, 0.5) is 5.69 Å². The highest BCUT2D eigenvalue weighted by Crippen LogP contribution is 2.33. The fourth-order valence-corrected chi connectivity index (χ4v) is 4.29. The summed E-state index contributed by atoms with van der Waals surface area (Å²) in [5, 5.41) is 6.63. The molecule has 0 unspecified atom stereocenters. The third-order valence-electron chi connectivity index (χ3n) is 5.91. The molecule has 2 heterocycles. The number of aromatic nitrogens is 2. The minimum Gasteiger partial charge on any atom is -0.361 e. The van der Waals surface area contributed by atoms with Crippen molar-refractivity contribution in [3.8, 4) is 5.69 Å². The van der Waals surface area contributed by atoms with Crippen molar-refractivity contribution in [1.29, 1.82) is 0 Å². The van der Waals surface area contributed by atoms with Crippen LogP contribution in [0.3, 0.4) is 0 Å². The van der Waals surface area contributed by atoms with E-state index in [1.54, 1.807) is 4.90 Å². The largest absolute Gasteiger partial charge is 0.361 e. The van der Waals surface area contributed by atoms with Gasteiger partial charge < -0.3 is 10.2 Å². The van der Waals surface area contributed by atoms with E-state index in [-0.39, 0.29) is 11.5 Å². The van der Waals surface area contributed by atoms with Crippen LogP contribution in [-0.4, -0.2) is 27.1 Å². The molecule has 0 saturated carbocycles. The molecule has 32 heavy (non-hydrogen) atoms. The second-order valence-electron chi connectivity index (χ2n) is 7.95. The highest BCUT2D eigenvalue weighted by atomic mass is 16.2. The lowest BCUT2D eigenvalue weighted by atomic mass is 10.0. The smallest absolute Gasteiger partial charge is 0.278 e. The molecule has 0 saturated heterocycles. The van der Waals surface area contributed by atoms with Crippen LogP contribution < -0.4 is 10.9 Å². The van der Waals surface area contributed by atoms with Crippen molar-refractivity contribution in [2.45, 2.75) is 19.5 Å². The Morgan fingerprint density at radius 2 is 1.50 bits per heavy atom. The van der Waals surface area contributed by atoms with Crippen LogP contribution in [0.1, 0.15) is 33.3 Å². The second-order valence-corrected chi connectivity index (χ2v) is 7.95. The molecule has 160 valence electrons. The summed E-state index contributed by atoms with van der Waals surface area (Å²) in [5.41, 5.74) is 4.37. The van der Waals surface area contributed by atoms with Crippen LogP contribution in [-0.2, 0) is 6.42 Å². The van der Waals surface area contributed by atoms with Gasteiger partial charge in [-0.05, 0) is 43.2 Å². The number of carbonyl (C=O) groups excluding carboxylic acids is 1. The van der Waals surface area contributed by atoms with Crippen molar-refractivity contribution in [3.63, 3.8) is 0 Å². The lowest BCUT2D eigenvalue weighted by Crippen LogP contribution is -2.45. The number of H-pyrrole nitrogens is 1. The average Bonchev–Trinajstić information content (AvgIpc) is 3.13. The standard InChI is InChI=1S/C26H24N4O2/c1-18-23(26(32)30(28-18)20-12-6-3-7-13-20)24-27-22-15-9-8-14-21(22)25(31)29(24)17-16-19-10-4-2-5-11-19/h2-15,24,27-28H,16-17H2,1H3/t24-/m0/s1. The minimum absolute atomic E-state index is 0.0773. The molecular formula is C26H24N4O2. The predicted octanol–water partition coefficient (Wildman–Crippen LogP) is 4.28. The first-order valence-corrected chi connectivity index (χ1v) is 10.7. The quantitative estimate of drug-likeness (QED) is 0.502. The van der Waals surface area contributed by atoms with Gasteiger partial charge in [-0.25, -0.2) is 4.68 Å². The lowest BCUT2D eigenvalue weighted by Gasteiger charge is -2.37. The molecule has 1 aliphatic rings. The van der Waals surface area contributed by atoms with E-state index in [4.69, 9.17) is 0 Å². The van der Waals surface area contributed by atoms with Crippen molar-refractivity contribution in [3.05, 3.63) is 118 Å².